The van der Waals surface area contributed by atoms with Crippen molar-refractivity contribution in [3.05, 3.63) is 31.0 Å². The van der Waals surface area contributed by atoms with Gasteiger partial charge in [0.2, 0.25) is 0 Å². The molecule has 2 aromatic rings. The van der Waals surface area contributed by atoms with Crippen LogP contribution in [0, 0.1) is 0 Å². The van der Waals surface area contributed by atoms with Gasteiger partial charge in [-0.1, -0.05) is 6.08 Å². The number of nitrogens with one attached hydrogen (secondary N) is 1. The third-order valence-corrected chi connectivity index (χ3v) is 2.26. The summed E-state index contributed by atoms with van der Waals surface area (Å²) < 4.78 is 0. The van der Waals surface area contributed by atoms with Crippen LogP contribution in [0.1, 0.15) is 19.7 Å². The van der Waals surface area contributed by atoms with Crippen LogP contribution in [0.3, 0.4) is 0 Å². The maximum absolute atomic E-state index is 4.35. The minimum Gasteiger partial charge on any atom is -0.342 e. The molecule has 4 nitrogen and oxygen atoms in total. The zero-order valence-electron chi connectivity index (χ0n) is 8.28. The topological polar surface area (TPSA) is 54.5 Å². The average molecular weight is 188 g/mol. The van der Waals surface area contributed by atoms with Gasteiger partial charge < -0.3 is 4.98 Å². The molecule has 0 unspecified atom stereocenters. The van der Waals surface area contributed by atoms with Crippen LogP contribution in [0.25, 0.3) is 11.2 Å². The van der Waals surface area contributed by atoms with E-state index in [9.17, 15) is 0 Å². The molecule has 2 aromatic heterocycles. The van der Waals surface area contributed by atoms with Gasteiger partial charge in [0, 0.05) is 5.41 Å². The fourth-order valence-electron chi connectivity index (χ4n) is 1.14. The fourth-order valence-corrected chi connectivity index (χ4v) is 1.14. The summed E-state index contributed by atoms with van der Waals surface area (Å²) in [5.74, 6) is 0.743. The predicted octanol–water partition coefficient (Wildman–Crippen LogP) is 1.82. The molecule has 0 aromatic carbocycles. The number of aromatic amines is 1. The Morgan fingerprint density at radius 3 is 2.93 bits per heavy atom. The fraction of sp³-hybridized carbons (Fsp3) is 0.300. The van der Waals surface area contributed by atoms with Crippen molar-refractivity contribution in [3.63, 3.8) is 0 Å². The molecular weight excluding hydrogens is 176 g/mol. The first-order valence-electron chi connectivity index (χ1n) is 4.44. The van der Waals surface area contributed by atoms with Gasteiger partial charge in [0.15, 0.2) is 5.65 Å². The van der Waals surface area contributed by atoms with E-state index in [4.69, 9.17) is 0 Å². The Morgan fingerprint density at radius 2 is 2.21 bits per heavy atom. The number of nitrogens with zero attached hydrogens (tertiary/aromatic N) is 3. The first-order valence-corrected chi connectivity index (χ1v) is 4.44. The summed E-state index contributed by atoms with van der Waals surface area (Å²) in [4.78, 5) is 15.7. The van der Waals surface area contributed by atoms with Crippen molar-refractivity contribution < 1.29 is 0 Å². The number of rotatable bonds is 2. The summed E-state index contributed by atoms with van der Waals surface area (Å²) in [5, 5.41) is 0. The van der Waals surface area contributed by atoms with Crippen LogP contribution in [0.15, 0.2) is 25.2 Å². The average Bonchev–Trinajstić information content (AvgIpc) is 2.64. The highest BCUT2D eigenvalue weighted by Gasteiger charge is 2.20. The van der Waals surface area contributed by atoms with E-state index in [1.165, 1.54) is 0 Å². The van der Waals surface area contributed by atoms with Gasteiger partial charge in [-0.2, -0.15) is 0 Å². The minimum atomic E-state index is -0.215. The smallest absolute Gasteiger partial charge is 0.180 e. The molecule has 2 heterocycles. The maximum Gasteiger partial charge on any atom is 0.180 e. The van der Waals surface area contributed by atoms with Gasteiger partial charge in [-0.3, -0.25) is 0 Å². The number of allylic oxidation sites excluding steroid dienone is 1. The molecule has 0 amide bonds. The highest BCUT2D eigenvalue weighted by atomic mass is 15.0. The molecule has 0 saturated carbocycles. The number of hydrogen-bond acceptors (Lipinski definition) is 3. The number of hydrogen-bond donors (Lipinski definition) is 1. The summed E-state index contributed by atoms with van der Waals surface area (Å²) in [5.41, 5.74) is 1.34. The Kier molecular flexibility index (Phi) is 1.84. The molecule has 1 N–H and O–H groups in total. The van der Waals surface area contributed by atoms with E-state index in [0.29, 0.717) is 5.65 Å². The standard InChI is InChI=1S/C10H12N4/c1-4-10(2,3)9-11-5-7-8(14-9)13-6-12-7/h4-6H,1H2,2-3H3,(H,11,12,13,14). The van der Waals surface area contributed by atoms with E-state index in [0.717, 1.165) is 11.3 Å². The van der Waals surface area contributed by atoms with Crippen molar-refractivity contribution in [2.75, 3.05) is 0 Å². The number of H-pyrrole nitrogens is 1. The van der Waals surface area contributed by atoms with Gasteiger partial charge in [-0.05, 0) is 13.8 Å². The lowest BCUT2D eigenvalue weighted by Gasteiger charge is -2.16. The van der Waals surface area contributed by atoms with Crippen LogP contribution in [0.2, 0.25) is 0 Å². The molecule has 2 rings (SSSR count). The molecule has 72 valence electrons. The second kappa shape index (κ2) is 2.90. The quantitative estimate of drug-likeness (QED) is 0.731. The SMILES string of the molecule is C=CC(C)(C)c1ncc2[nH]cnc2n1. The zero-order valence-corrected chi connectivity index (χ0v) is 8.28. The normalized spacial score (nSPS) is 11.9. The molecule has 0 atom stereocenters. The molecule has 0 radical (unpaired) electrons. The Labute approximate surface area is 82.1 Å². The second-order valence-electron chi connectivity index (χ2n) is 3.76. The number of imidazole rings is 1. The van der Waals surface area contributed by atoms with E-state index in [1.807, 2.05) is 19.9 Å². The van der Waals surface area contributed by atoms with Crippen LogP contribution in [0.4, 0.5) is 0 Å². The van der Waals surface area contributed by atoms with Gasteiger partial charge in [0.05, 0.1) is 12.5 Å². The van der Waals surface area contributed by atoms with E-state index in [2.05, 4.69) is 26.5 Å². The third-order valence-electron chi connectivity index (χ3n) is 2.26. The van der Waals surface area contributed by atoms with Crippen molar-refractivity contribution in [2.24, 2.45) is 0 Å². The predicted molar refractivity (Wildman–Crippen MR) is 54.9 cm³/mol. The van der Waals surface area contributed by atoms with E-state index >= 15 is 0 Å². The summed E-state index contributed by atoms with van der Waals surface area (Å²) in [6.07, 6.45) is 5.20. The van der Waals surface area contributed by atoms with Crippen LogP contribution in [0.5, 0.6) is 0 Å². The molecule has 0 spiro atoms. The molecule has 4 heteroatoms. The van der Waals surface area contributed by atoms with Crippen molar-refractivity contribution in [1.29, 1.82) is 0 Å². The van der Waals surface area contributed by atoms with Crippen LogP contribution < -0.4 is 0 Å². The molecule has 0 bridgehead atoms. The molecular formula is C10H12N4. The van der Waals surface area contributed by atoms with Gasteiger partial charge in [-0.25, -0.2) is 15.0 Å². The zero-order chi connectivity index (χ0) is 10.2. The maximum atomic E-state index is 4.35. The Balaban J connectivity index is 2.59. The van der Waals surface area contributed by atoms with Gasteiger partial charge in [-0.15, -0.1) is 6.58 Å². The minimum absolute atomic E-state index is 0.215. The van der Waals surface area contributed by atoms with Crippen molar-refractivity contribution in [1.82, 2.24) is 19.9 Å². The van der Waals surface area contributed by atoms with Crippen LogP contribution in [-0.2, 0) is 5.41 Å². The summed E-state index contributed by atoms with van der Waals surface area (Å²) >= 11 is 0. The van der Waals surface area contributed by atoms with E-state index in [-0.39, 0.29) is 5.41 Å². The van der Waals surface area contributed by atoms with Crippen LogP contribution in [-0.4, -0.2) is 19.9 Å². The summed E-state index contributed by atoms with van der Waals surface area (Å²) in [7, 11) is 0. The highest BCUT2D eigenvalue weighted by molar-refractivity contribution is 5.68. The lowest BCUT2D eigenvalue weighted by Crippen LogP contribution is -2.17. The van der Waals surface area contributed by atoms with E-state index < -0.39 is 0 Å². The molecule has 0 aliphatic rings. The second-order valence-corrected chi connectivity index (χ2v) is 3.76. The lowest BCUT2D eigenvalue weighted by molar-refractivity contribution is 0.619. The first-order chi connectivity index (χ1) is 6.63. The Morgan fingerprint density at radius 1 is 1.43 bits per heavy atom. The molecule has 0 aliphatic carbocycles. The highest BCUT2D eigenvalue weighted by Crippen LogP contribution is 2.20. The lowest BCUT2D eigenvalue weighted by atomic mass is 9.93. The summed E-state index contributed by atoms with van der Waals surface area (Å²) in [6, 6.07) is 0. The van der Waals surface area contributed by atoms with Crippen LogP contribution >= 0.6 is 0 Å². The van der Waals surface area contributed by atoms with Crippen molar-refractivity contribution in [3.8, 4) is 0 Å². The summed E-state index contributed by atoms with van der Waals surface area (Å²) in [6.45, 7) is 7.81. The monoisotopic (exact) mass is 188 g/mol. The van der Waals surface area contributed by atoms with Gasteiger partial charge >= 0.3 is 0 Å². The third kappa shape index (κ3) is 1.28. The Hall–Kier alpha value is -1.71. The number of fused-ring (bicyclic) bond motifs is 1. The van der Waals surface area contributed by atoms with Gasteiger partial charge in [0.1, 0.15) is 11.3 Å². The molecule has 0 aliphatic heterocycles. The molecule has 14 heavy (non-hydrogen) atoms. The molecule has 0 fully saturated rings. The van der Waals surface area contributed by atoms with E-state index in [1.54, 1.807) is 12.5 Å². The largest absolute Gasteiger partial charge is 0.342 e. The number of aromatic nitrogens is 4. The molecule has 0 saturated heterocycles. The first kappa shape index (κ1) is 8.87. The van der Waals surface area contributed by atoms with Crippen molar-refractivity contribution in [2.45, 2.75) is 19.3 Å². The Bertz CT molecular complexity index is 470. The van der Waals surface area contributed by atoms with Crippen molar-refractivity contribution >= 4 is 11.2 Å². The van der Waals surface area contributed by atoms with Gasteiger partial charge in [0.25, 0.3) is 0 Å².